The molecule has 186 valence electrons. The van der Waals surface area contributed by atoms with E-state index < -0.39 is 34.1 Å². The highest BCUT2D eigenvalue weighted by Gasteiger charge is 2.32. The maximum absolute atomic E-state index is 13.6. The van der Waals surface area contributed by atoms with Crippen LogP contribution >= 0.6 is 23.2 Å². The zero-order valence-corrected chi connectivity index (χ0v) is 22.6. The van der Waals surface area contributed by atoms with Crippen LogP contribution in [0, 0.1) is 6.92 Å². The summed E-state index contributed by atoms with van der Waals surface area (Å²) in [4.78, 5) is 27.8. The number of nitrogens with zero attached hydrogens (tertiary/aromatic N) is 2. The molecule has 0 spiro atoms. The molecule has 0 aliphatic heterocycles. The predicted octanol–water partition coefficient (Wildman–Crippen LogP) is 4.40. The lowest BCUT2D eigenvalue weighted by Gasteiger charge is -2.33. The lowest BCUT2D eigenvalue weighted by molar-refractivity contribution is -0.140. The molecule has 0 saturated carbocycles. The monoisotopic (exact) mass is 527 g/mol. The highest BCUT2D eigenvalue weighted by atomic mass is 35.5. The molecule has 2 rings (SSSR count). The Bertz CT molecular complexity index is 1140. The molecule has 0 fully saturated rings. The zero-order chi connectivity index (χ0) is 25.8. The van der Waals surface area contributed by atoms with E-state index in [2.05, 4.69) is 5.32 Å². The van der Waals surface area contributed by atoms with Gasteiger partial charge >= 0.3 is 0 Å². The quantitative estimate of drug-likeness (QED) is 0.551. The van der Waals surface area contributed by atoms with Gasteiger partial charge in [-0.1, -0.05) is 47.5 Å². The topological polar surface area (TPSA) is 86.8 Å². The number of anilines is 1. The van der Waals surface area contributed by atoms with Crippen molar-refractivity contribution in [2.45, 2.75) is 52.7 Å². The van der Waals surface area contributed by atoms with Crippen LogP contribution in [0.5, 0.6) is 0 Å². The molecule has 0 saturated heterocycles. The number of carbonyl (C=O) groups is 2. The Hall–Kier alpha value is -2.29. The average Bonchev–Trinajstić information content (AvgIpc) is 2.70. The fourth-order valence-electron chi connectivity index (χ4n) is 3.35. The predicted molar refractivity (Wildman–Crippen MR) is 138 cm³/mol. The van der Waals surface area contributed by atoms with Gasteiger partial charge in [0.25, 0.3) is 0 Å². The van der Waals surface area contributed by atoms with E-state index in [0.29, 0.717) is 26.9 Å². The van der Waals surface area contributed by atoms with Crippen molar-refractivity contribution in [2.24, 2.45) is 0 Å². The minimum absolute atomic E-state index is 0.0680. The van der Waals surface area contributed by atoms with Crippen LogP contribution in [0.25, 0.3) is 0 Å². The van der Waals surface area contributed by atoms with Gasteiger partial charge in [0.2, 0.25) is 21.8 Å². The van der Waals surface area contributed by atoms with Crippen molar-refractivity contribution in [2.75, 3.05) is 17.1 Å². The molecule has 34 heavy (non-hydrogen) atoms. The van der Waals surface area contributed by atoms with Gasteiger partial charge in [0, 0.05) is 27.7 Å². The number of para-hydroxylation sites is 1. The summed E-state index contributed by atoms with van der Waals surface area (Å²) in [5, 5.41) is 3.54. The summed E-state index contributed by atoms with van der Waals surface area (Å²) in [5.74, 6) is -0.952. The van der Waals surface area contributed by atoms with E-state index in [4.69, 9.17) is 23.2 Å². The summed E-state index contributed by atoms with van der Waals surface area (Å²) in [6.07, 6.45) is 1.04. The van der Waals surface area contributed by atoms with Gasteiger partial charge in [-0.05, 0) is 58.4 Å². The summed E-state index contributed by atoms with van der Waals surface area (Å²) in [6.45, 7) is 8.29. The van der Waals surface area contributed by atoms with Gasteiger partial charge in [-0.3, -0.25) is 13.9 Å². The second kappa shape index (κ2) is 11.0. The van der Waals surface area contributed by atoms with Crippen molar-refractivity contribution >= 4 is 50.7 Å². The molecule has 0 radical (unpaired) electrons. The second-order valence-corrected chi connectivity index (χ2v) is 11.9. The van der Waals surface area contributed by atoms with E-state index in [0.717, 1.165) is 10.6 Å². The fourth-order valence-corrected chi connectivity index (χ4v) is 4.77. The first kappa shape index (κ1) is 28.0. The Morgan fingerprint density at radius 3 is 2.09 bits per heavy atom. The van der Waals surface area contributed by atoms with Crippen molar-refractivity contribution in [3.8, 4) is 0 Å². The number of hydrogen-bond acceptors (Lipinski definition) is 4. The first-order valence-electron chi connectivity index (χ1n) is 10.7. The number of nitrogens with one attached hydrogen (secondary N) is 1. The SMILES string of the molecule is Cc1ccccc1N(CC(=O)N(Cc1c(Cl)cccc1Cl)[C@@H](C)C(=O)NC(C)(C)C)S(C)(=O)=O. The Morgan fingerprint density at radius 2 is 1.59 bits per heavy atom. The number of benzene rings is 2. The van der Waals surface area contributed by atoms with Crippen LogP contribution < -0.4 is 9.62 Å². The highest BCUT2D eigenvalue weighted by Crippen LogP contribution is 2.28. The number of aryl methyl sites for hydroxylation is 1. The third-order valence-electron chi connectivity index (χ3n) is 5.12. The zero-order valence-electron chi connectivity index (χ0n) is 20.2. The largest absolute Gasteiger partial charge is 0.350 e. The van der Waals surface area contributed by atoms with E-state index in [1.54, 1.807) is 56.3 Å². The fraction of sp³-hybridized carbons (Fsp3) is 0.417. The molecule has 7 nitrogen and oxygen atoms in total. The molecule has 0 heterocycles. The van der Waals surface area contributed by atoms with E-state index in [1.165, 1.54) is 4.90 Å². The summed E-state index contributed by atoms with van der Waals surface area (Å²) in [6, 6.07) is 10.9. The molecule has 0 aromatic heterocycles. The van der Waals surface area contributed by atoms with Crippen LogP contribution in [-0.4, -0.2) is 49.5 Å². The third-order valence-corrected chi connectivity index (χ3v) is 6.95. The Balaban J connectivity index is 2.48. The number of halogens is 2. The van der Waals surface area contributed by atoms with Crippen LogP contribution in [0.3, 0.4) is 0 Å². The van der Waals surface area contributed by atoms with E-state index in [1.807, 2.05) is 20.8 Å². The second-order valence-electron chi connectivity index (χ2n) is 9.19. The van der Waals surface area contributed by atoms with Gasteiger partial charge < -0.3 is 10.2 Å². The van der Waals surface area contributed by atoms with E-state index >= 15 is 0 Å². The molecule has 1 N–H and O–H groups in total. The minimum Gasteiger partial charge on any atom is -0.350 e. The highest BCUT2D eigenvalue weighted by molar-refractivity contribution is 7.92. The number of carbonyl (C=O) groups excluding carboxylic acids is 2. The van der Waals surface area contributed by atoms with Crippen molar-refractivity contribution in [3.05, 3.63) is 63.6 Å². The van der Waals surface area contributed by atoms with Crippen LogP contribution in [0.2, 0.25) is 10.0 Å². The maximum atomic E-state index is 13.6. The van der Waals surface area contributed by atoms with Crippen molar-refractivity contribution < 1.29 is 18.0 Å². The van der Waals surface area contributed by atoms with Crippen molar-refractivity contribution in [1.82, 2.24) is 10.2 Å². The molecule has 2 aromatic carbocycles. The number of sulfonamides is 1. The number of rotatable bonds is 8. The summed E-state index contributed by atoms with van der Waals surface area (Å²) < 4.78 is 26.3. The van der Waals surface area contributed by atoms with Crippen molar-refractivity contribution in [3.63, 3.8) is 0 Å². The lowest BCUT2D eigenvalue weighted by atomic mass is 10.1. The standard InChI is InChI=1S/C24H31Cl2N3O4S/c1-16-10-7-8-13-21(16)29(34(6,32)33)15-22(30)28(17(2)23(31)27-24(3,4)5)14-18-19(25)11-9-12-20(18)26/h7-13,17H,14-15H2,1-6H3,(H,27,31)/t17-/m0/s1. The van der Waals surface area contributed by atoms with Crippen LogP contribution in [0.15, 0.2) is 42.5 Å². The van der Waals surface area contributed by atoms with Gasteiger partial charge in [0.15, 0.2) is 0 Å². The Kier molecular flexibility index (Phi) is 9.02. The maximum Gasteiger partial charge on any atom is 0.244 e. The molecular weight excluding hydrogens is 497 g/mol. The molecule has 2 aromatic rings. The van der Waals surface area contributed by atoms with Crippen LogP contribution in [0.4, 0.5) is 5.69 Å². The summed E-state index contributed by atoms with van der Waals surface area (Å²) in [5.41, 5.74) is 1.03. The summed E-state index contributed by atoms with van der Waals surface area (Å²) >= 11 is 12.7. The molecule has 0 bridgehead atoms. The van der Waals surface area contributed by atoms with E-state index in [-0.39, 0.29) is 12.5 Å². The van der Waals surface area contributed by atoms with Gasteiger partial charge in [-0.25, -0.2) is 8.42 Å². The lowest BCUT2D eigenvalue weighted by Crippen LogP contribution is -2.54. The molecule has 0 unspecified atom stereocenters. The first-order chi connectivity index (χ1) is 15.6. The molecule has 10 heteroatoms. The summed E-state index contributed by atoms with van der Waals surface area (Å²) in [7, 11) is -3.80. The third kappa shape index (κ3) is 7.35. The molecule has 0 aliphatic rings. The first-order valence-corrected chi connectivity index (χ1v) is 13.3. The molecule has 2 amide bonds. The molecule has 0 aliphatic carbocycles. The van der Waals surface area contributed by atoms with Gasteiger partial charge in [0.05, 0.1) is 11.9 Å². The van der Waals surface area contributed by atoms with Gasteiger partial charge in [-0.15, -0.1) is 0 Å². The normalized spacial score (nSPS) is 12.7. The average molecular weight is 529 g/mol. The van der Waals surface area contributed by atoms with Crippen LogP contribution in [-0.2, 0) is 26.2 Å². The van der Waals surface area contributed by atoms with Gasteiger partial charge in [-0.2, -0.15) is 0 Å². The van der Waals surface area contributed by atoms with E-state index in [9.17, 15) is 18.0 Å². The molecule has 1 atom stereocenters. The smallest absolute Gasteiger partial charge is 0.244 e. The number of amides is 2. The minimum atomic E-state index is -3.80. The number of hydrogen-bond donors (Lipinski definition) is 1. The van der Waals surface area contributed by atoms with Crippen LogP contribution in [0.1, 0.15) is 38.8 Å². The Morgan fingerprint density at radius 1 is 1.03 bits per heavy atom. The Labute approximate surface area is 212 Å². The molecular formula is C24H31Cl2N3O4S. The van der Waals surface area contributed by atoms with Crippen molar-refractivity contribution in [1.29, 1.82) is 0 Å². The van der Waals surface area contributed by atoms with Gasteiger partial charge in [0.1, 0.15) is 12.6 Å².